The van der Waals surface area contributed by atoms with Crippen LogP contribution in [0.25, 0.3) is 0 Å². The first-order valence-electron chi connectivity index (χ1n) is 10.3. The van der Waals surface area contributed by atoms with E-state index in [9.17, 15) is 10.2 Å². The Hall–Kier alpha value is -0.0800. The number of aliphatic hydroxyl groups is 2. The lowest BCUT2D eigenvalue weighted by Crippen LogP contribution is -2.58. The molecular formula is C21H36O2. The van der Waals surface area contributed by atoms with Crippen LogP contribution in [-0.4, -0.2) is 22.9 Å². The fourth-order valence-corrected chi connectivity index (χ4v) is 8.15. The van der Waals surface area contributed by atoms with Gasteiger partial charge in [0.05, 0.1) is 6.10 Å². The zero-order chi connectivity index (χ0) is 16.2. The van der Waals surface area contributed by atoms with Gasteiger partial charge >= 0.3 is 0 Å². The molecule has 4 rings (SSSR count). The zero-order valence-electron chi connectivity index (χ0n) is 15.1. The topological polar surface area (TPSA) is 40.5 Å². The zero-order valence-corrected chi connectivity index (χ0v) is 15.1. The van der Waals surface area contributed by atoms with Gasteiger partial charge in [0.1, 0.15) is 0 Å². The summed E-state index contributed by atoms with van der Waals surface area (Å²) < 4.78 is 0. The molecule has 4 aliphatic rings. The first-order valence-corrected chi connectivity index (χ1v) is 10.3. The molecule has 0 saturated heterocycles. The van der Waals surface area contributed by atoms with Crippen LogP contribution >= 0.6 is 0 Å². The lowest BCUT2D eigenvalue weighted by atomic mass is 9.44. The van der Waals surface area contributed by atoms with Crippen LogP contribution in [0.15, 0.2) is 0 Å². The minimum absolute atomic E-state index is 0.105. The third kappa shape index (κ3) is 2.27. The van der Waals surface area contributed by atoms with Gasteiger partial charge in [-0.15, -0.1) is 0 Å². The van der Waals surface area contributed by atoms with Crippen molar-refractivity contribution in [2.24, 2.45) is 40.4 Å². The summed E-state index contributed by atoms with van der Waals surface area (Å²) in [6.45, 7) is 5.29. The first-order chi connectivity index (χ1) is 11.0. The van der Waals surface area contributed by atoms with Crippen molar-refractivity contribution in [3.8, 4) is 0 Å². The van der Waals surface area contributed by atoms with Crippen molar-refractivity contribution in [3.05, 3.63) is 0 Å². The van der Waals surface area contributed by atoms with E-state index in [1.807, 2.05) is 0 Å². The van der Waals surface area contributed by atoms with E-state index in [0.29, 0.717) is 23.9 Å². The third-order valence-corrected chi connectivity index (χ3v) is 9.19. The third-order valence-electron chi connectivity index (χ3n) is 9.19. The predicted molar refractivity (Wildman–Crippen MR) is 92.9 cm³/mol. The minimum Gasteiger partial charge on any atom is -0.396 e. The number of hydrogen-bond acceptors (Lipinski definition) is 2. The Morgan fingerprint density at radius 2 is 1.78 bits per heavy atom. The van der Waals surface area contributed by atoms with Gasteiger partial charge in [0.15, 0.2) is 0 Å². The molecule has 0 bridgehead atoms. The Bertz CT molecular complexity index is 449. The van der Waals surface area contributed by atoms with Gasteiger partial charge in [0.25, 0.3) is 0 Å². The lowest BCUT2D eigenvalue weighted by Gasteiger charge is -2.62. The highest BCUT2D eigenvalue weighted by Crippen LogP contribution is 2.67. The van der Waals surface area contributed by atoms with Gasteiger partial charge in [-0.1, -0.05) is 26.7 Å². The molecule has 8 atom stereocenters. The van der Waals surface area contributed by atoms with Gasteiger partial charge in [-0.25, -0.2) is 0 Å². The van der Waals surface area contributed by atoms with Crippen molar-refractivity contribution in [2.75, 3.05) is 6.61 Å². The molecule has 0 aromatic heterocycles. The normalized spacial score (nSPS) is 55.8. The molecule has 0 aromatic carbocycles. The van der Waals surface area contributed by atoms with Crippen LogP contribution < -0.4 is 0 Å². The summed E-state index contributed by atoms with van der Waals surface area (Å²) in [5.74, 6) is 3.59. The van der Waals surface area contributed by atoms with Crippen molar-refractivity contribution in [2.45, 2.75) is 84.2 Å². The van der Waals surface area contributed by atoms with Crippen LogP contribution in [0, 0.1) is 40.4 Å². The molecular weight excluding hydrogens is 284 g/mol. The van der Waals surface area contributed by atoms with E-state index in [2.05, 4.69) is 13.8 Å². The Morgan fingerprint density at radius 1 is 0.957 bits per heavy atom. The van der Waals surface area contributed by atoms with E-state index in [1.165, 1.54) is 51.4 Å². The van der Waals surface area contributed by atoms with Gasteiger partial charge < -0.3 is 10.2 Å². The molecule has 4 aliphatic carbocycles. The highest BCUT2D eigenvalue weighted by Gasteiger charge is 2.62. The van der Waals surface area contributed by atoms with Crippen molar-refractivity contribution in [1.29, 1.82) is 0 Å². The largest absolute Gasteiger partial charge is 0.396 e. The van der Waals surface area contributed by atoms with Crippen LogP contribution in [0.2, 0.25) is 0 Å². The second kappa shape index (κ2) is 5.73. The molecule has 2 N–H and O–H groups in total. The van der Waals surface area contributed by atoms with Crippen LogP contribution in [0.1, 0.15) is 78.1 Å². The number of aliphatic hydroxyl groups excluding tert-OH is 2. The standard InChI is InChI=1S/C21H36O2/c1-20-11-4-3-5-14(20)6-8-16-17-9-7-15(10-12-22)21(17,2)13-18(23)19(16)20/h14-19,22-23H,3-13H2,1-2H3/t14?,15-,16+,17+,18?,19-,20+,21-/m1/s1. The number of hydrogen-bond donors (Lipinski definition) is 2. The van der Waals surface area contributed by atoms with Crippen LogP contribution in [-0.2, 0) is 0 Å². The summed E-state index contributed by atoms with van der Waals surface area (Å²) >= 11 is 0. The summed E-state index contributed by atoms with van der Waals surface area (Å²) in [5, 5.41) is 20.7. The fraction of sp³-hybridized carbons (Fsp3) is 1.00. The molecule has 132 valence electrons. The monoisotopic (exact) mass is 320 g/mol. The van der Waals surface area contributed by atoms with Gasteiger partial charge in [0.2, 0.25) is 0 Å². The summed E-state index contributed by atoms with van der Waals surface area (Å²) in [6.07, 6.45) is 12.7. The molecule has 0 aliphatic heterocycles. The molecule has 23 heavy (non-hydrogen) atoms. The molecule has 4 saturated carbocycles. The molecule has 4 fully saturated rings. The molecule has 0 amide bonds. The Morgan fingerprint density at radius 3 is 2.57 bits per heavy atom. The molecule has 0 spiro atoms. The SMILES string of the molecule is C[C@]12CC(O)[C@H]3[C@@H](CCC4CCCC[C@@]43C)[C@@H]1CC[C@@H]2CCO. The van der Waals surface area contributed by atoms with Crippen LogP contribution in [0.5, 0.6) is 0 Å². The van der Waals surface area contributed by atoms with E-state index >= 15 is 0 Å². The van der Waals surface area contributed by atoms with E-state index < -0.39 is 0 Å². The van der Waals surface area contributed by atoms with E-state index in [0.717, 1.165) is 30.6 Å². The van der Waals surface area contributed by atoms with E-state index in [4.69, 9.17) is 0 Å². The lowest BCUT2D eigenvalue weighted by molar-refractivity contribution is -0.169. The van der Waals surface area contributed by atoms with E-state index in [1.54, 1.807) is 0 Å². The van der Waals surface area contributed by atoms with Crippen LogP contribution in [0.4, 0.5) is 0 Å². The van der Waals surface area contributed by atoms with Gasteiger partial charge in [-0.2, -0.15) is 0 Å². The van der Waals surface area contributed by atoms with Crippen molar-refractivity contribution >= 4 is 0 Å². The van der Waals surface area contributed by atoms with Gasteiger partial charge in [0, 0.05) is 6.61 Å². The summed E-state index contributed by atoms with van der Waals surface area (Å²) in [5.41, 5.74) is 0.679. The number of fused-ring (bicyclic) bond motifs is 5. The van der Waals surface area contributed by atoms with Crippen molar-refractivity contribution < 1.29 is 10.2 Å². The highest BCUT2D eigenvalue weighted by atomic mass is 16.3. The van der Waals surface area contributed by atoms with Gasteiger partial charge in [-0.05, 0) is 91.8 Å². The van der Waals surface area contributed by atoms with E-state index in [-0.39, 0.29) is 11.5 Å². The minimum atomic E-state index is -0.105. The second-order valence-corrected chi connectivity index (χ2v) is 9.89. The van der Waals surface area contributed by atoms with Crippen molar-refractivity contribution in [3.63, 3.8) is 0 Å². The molecule has 2 heteroatoms. The average Bonchev–Trinajstić information content (AvgIpc) is 2.83. The maximum absolute atomic E-state index is 11.2. The molecule has 2 unspecified atom stereocenters. The maximum Gasteiger partial charge on any atom is 0.0581 e. The Labute approximate surface area is 142 Å². The number of rotatable bonds is 2. The summed E-state index contributed by atoms with van der Waals surface area (Å²) in [6, 6.07) is 0. The van der Waals surface area contributed by atoms with Crippen molar-refractivity contribution in [1.82, 2.24) is 0 Å². The van der Waals surface area contributed by atoms with Gasteiger partial charge in [-0.3, -0.25) is 0 Å². The molecule has 0 heterocycles. The second-order valence-electron chi connectivity index (χ2n) is 9.89. The highest BCUT2D eigenvalue weighted by molar-refractivity contribution is 5.11. The Kier molecular flexibility index (Phi) is 4.08. The summed E-state index contributed by atoms with van der Waals surface area (Å²) in [4.78, 5) is 0. The molecule has 0 radical (unpaired) electrons. The molecule has 0 aromatic rings. The first kappa shape index (κ1) is 16.4. The quantitative estimate of drug-likeness (QED) is 0.792. The summed E-state index contributed by atoms with van der Waals surface area (Å²) in [7, 11) is 0. The Balaban J connectivity index is 1.65. The smallest absolute Gasteiger partial charge is 0.0581 e. The average molecular weight is 321 g/mol. The maximum atomic E-state index is 11.2. The fourth-order valence-electron chi connectivity index (χ4n) is 8.15. The molecule has 2 nitrogen and oxygen atoms in total. The predicted octanol–water partition coefficient (Wildman–Crippen LogP) is 4.39. The van der Waals surface area contributed by atoms with Crippen LogP contribution in [0.3, 0.4) is 0 Å².